The predicted octanol–water partition coefficient (Wildman–Crippen LogP) is 2.76. The quantitative estimate of drug-likeness (QED) is 0.479. The van der Waals surface area contributed by atoms with Gasteiger partial charge in [-0.25, -0.2) is 0 Å². The molecule has 0 radical (unpaired) electrons. The number of halogens is 1. The van der Waals surface area contributed by atoms with Crippen molar-refractivity contribution in [2.75, 3.05) is 26.7 Å². The molecule has 5 heteroatoms. The van der Waals surface area contributed by atoms with E-state index in [-0.39, 0.29) is 0 Å². The molecule has 0 bridgehead atoms. The third kappa shape index (κ3) is 5.46. The van der Waals surface area contributed by atoms with Crippen LogP contribution in [0.25, 0.3) is 0 Å². The van der Waals surface area contributed by atoms with Crippen LogP contribution in [0.2, 0.25) is 0 Å². The highest BCUT2D eigenvalue weighted by atomic mass is 79.9. The van der Waals surface area contributed by atoms with E-state index in [0.717, 1.165) is 49.5 Å². The molecule has 22 heavy (non-hydrogen) atoms. The van der Waals surface area contributed by atoms with E-state index < -0.39 is 0 Å². The number of nitrogens with one attached hydrogen (secondary N) is 2. The van der Waals surface area contributed by atoms with Gasteiger partial charge in [-0.05, 0) is 30.5 Å². The Bertz CT molecular complexity index is 490. The molecule has 1 heterocycles. The maximum Gasteiger partial charge on any atom is 0.191 e. The van der Waals surface area contributed by atoms with Gasteiger partial charge in [0.25, 0.3) is 0 Å². The maximum atomic E-state index is 4.24. The Morgan fingerprint density at radius 3 is 2.64 bits per heavy atom. The second kappa shape index (κ2) is 8.96. The highest BCUT2D eigenvalue weighted by molar-refractivity contribution is 9.10. The van der Waals surface area contributed by atoms with E-state index in [1.165, 1.54) is 5.56 Å². The van der Waals surface area contributed by atoms with E-state index in [1.807, 2.05) is 6.08 Å². The van der Waals surface area contributed by atoms with Gasteiger partial charge in [0.2, 0.25) is 0 Å². The van der Waals surface area contributed by atoms with E-state index in [9.17, 15) is 0 Å². The van der Waals surface area contributed by atoms with Crippen molar-refractivity contribution in [3.63, 3.8) is 0 Å². The number of hydrogen-bond donors (Lipinski definition) is 2. The Hall–Kier alpha value is -1.33. The fourth-order valence-electron chi connectivity index (χ4n) is 2.64. The van der Waals surface area contributed by atoms with Gasteiger partial charge in [0.15, 0.2) is 5.96 Å². The van der Waals surface area contributed by atoms with Gasteiger partial charge < -0.3 is 10.6 Å². The van der Waals surface area contributed by atoms with Crippen molar-refractivity contribution in [2.45, 2.75) is 25.4 Å². The molecule has 0 saturated carbocycles. The molecule has 0 aliphatic carbocycles. The Labute approximate surface area is 141 Å². The average molecular weight is 365 g/mol. The zero-order valence-electron chi connectivity index (χ0n) is 13.2. The van der Waals surface area contributed by atoms with Gasteiger partial charge in [-0.2, -0.15) is 0 Å². The predicted molar refractivity (Wildman–Crippen MR) is 97.1 cm³/mol. The van der Waals surface area contributed by atoms with E-state index >= 15 is 0 Å². The number of aliphatic imine (C=N–C) groups is 1. The van der Waals surface area contributed by atoms with Gasteiger partial charge in [-0.1, -0.05) is 34.1 Å². The summed E-state index contributed by atoms with van der Waals surface area (Å²) >= 11 is 3.48. The summed E-state index contributed by atoms with van der Waals surface area (Å²) in [6, 6.07) is 9.10. The Balaban J connectivity index is 1.75. The van der Waals surface area contributed by atoms with Crippen LogP contribution in [0, 0.1) is 0 Å². The van der Waals surface area contributed by atoms with Gasteiger partial charge in [0.1, 0.15) is 0 Å². The van der Waals surface area contributed by atoms with Crippen molar-refractivity contribution in [1.82, 2.24) is 15.5 Å². The number of rotatable bonds is 5. The van der Waals surface area contributed by atoms with Gasteiger partial charge in [0.05, 0.1) is 0 Å². The molecule has 0 amide bonds. The zero-order chi connectivity index (χ0) is 15.8. The molecule has 1 saturated heterocycles. The molecule has 0 aromatic heterocycles. The first-order chi connectivity index (χ1) is 10.7. The smallest absolute Gasteiger partial charge is 0.191 e. The fourth-order valence-corrected chi connectivity index (χ4v) is 2.90. The van der Waals surface area contributed by atoms with Crippen LogP contribution in [0.1, 0.15) is 18.4 Å². The Morgan fingerprint density at radius 2 is 2.05 bits per heavy atom. The summed E-state index contributed by atoms with van der Waals surface area (Å²) in [4.78, 5) is 6.76. The van der Waals surface area contributed by atoms with Crippen LogP contribution in [0.4, 0.5) is 0 Å². The molecule has 1 aliphatic rings. The largest absolute Gasteiger partial charge is 0.354 e. The first-order valence-corrected chi connectivity index (χ1v) is 8.55. The third-order valence-corrected chi connectivity index (χ3v) is 4.41. The van der Waals surface area contributed by atoms with Crippen molar-refractivity contribution in [3.8, 4) is 0 Å². The average Bonchev–Trinajstić information content (AvgIpc) is 2.55. The lowest BCUT2D eigenvalue weighted by Crippen LogP contribution is -2.48. The summed E-state index contributed by atoms with van der Waals surface area (Å²) in [7, 11) is 1.81. The molecule has 4 nitrogen and oxygen atoms in total. The second-order valence-electron chi connectivity index (χ2n) is 5.56. The van der Waals surface area contributed by atoms with Crippen molar-refractivity contribution in [2.24, 2.45) is 4.99 Å². The Morgan fingerprint density at radius 1 is 1.36 bits per heavy atom. The van der Waals surface area contributed by atoms with Gasteiger partial charge in [-0.3, -0.25) is 9.89 Å². The number of piperidine rings is 1. The van der Waals surface area contributed by atoms with E-state index in [2.05, 4.69) is 67.3 Å². The third-order valence-electron chi connectivity index (χ3n) is 3.89. The topological polar surface area (TPSA) is 39.7 Å². The summed E-state index contributed by atoms with van der Waals surface area (Å²) in [5.41, 5.74) is 1.37. The number of hydrogen-bond acceptors (Lipinski definition) is 2. The van der Waals surface area contributed by atoms with Crippen molar-refractivity contribution in [1.29, 1.82) is 0 Å². The number of benzene rings is 1. The van der Waals surface area contributed by atoms with Crippen LogP contribution in [0.3, 0.4) is 0 Å². The molecule has 1 aromatic rings. The number of likely N-dealkylation sites (tertiary alicyclic amines) is 1. The summed E-state index contributed by atoms with van der Waals surface area (Å²) in [6.07, 6.45) is 4.13. The minimum Gasteiger partial charge on any atom is -0.354 e. The lowest BCUT2D eigenvalue weighted by Gasteiger charge is -2.33. The molecule has 0 atom stereocenters. The normalized spacial score (nSPS) is 17.3. The Kier molecular flexibility index (Phi) is 6.93. The summed E-state index contributed by atoms with van der Waals surface area (Å²) in [6.45, 7) is 7.72. The highest BCUT2D eigenvalue weighted by Gasteiger charge is 2.19. The van der Waals surface area contributed by atoms with Crippen molar-refractivity contribution >= 4 is 21.9 Å². The minimum atomic E-state index is 0.497. The van der Waals surface area contributed by atoms with Crippen LogP contribution < -0.4 is 10.6 Å². The first kappa shape index (κ1) is 17.0. The van der Waals surface area contributed by atoms with Gasteiger partial charge in [0, 0.05) is 43.7 Å². The van der Waals surface area contributed by atoms with E-state index in [4.69, 9.17) is 0 Å². The van der Waals surface area contributed by atoms with Crippen LogP contribution in [-0.2, 0) is 6.54 Å². The lowest BCUT2D eigenvalue weighted by atomic mass is 10.0. The van der Waals surface area contributed by atoms with Crippen LogP contribution in [-0.4, -0.2) is 43.6 Å². The van der Waals surface area contributed by atoms with Crippen LogP contribution >= 0.6 is 15.9 Å². The summed E-state index contributed by atoms with van der Waals surface area (Å²) in [5.74, 6) is 0.867. The molecule has 0 unspecified atom stereocenters. The minimum absolute atomic E-state index is 0.497. The summed E-state index contributed by atoms with van der Waals surface area (Å²) in [5, 5.41) is 6.72. The van der Waals surface area contributed by atoms with E-state index in [0.29, 0.717) is 6.04 Å². The number of guanidine groups is 1. The number of nitrogens with zero attached hydrogens (tertiary/aromatic N) is 2. The van der Waals surface area contributed by atoms with Crippen LogP contribution in [0.5, 0.6) is 0 Å². The monoisotopic (exact) mass is 364 g/mol. The molecule has 1 aliphatic heterocycles. The molecule has 2 N–H and O–H groups in total. The lowest BCUT2D eigenvalue weighted by molar-refractivity contribution is 0.198. The summed E-state index contributed by atoms with van der Waals surface area (Å²) < 4.78 is 1.14. The fraction of sp³-hybridized carbons (Fsp3) is 0.471. The molecule has 120 valence electrons. The molecule has 2 rings (SSSR count). The van der Waals surface area contributed by atoms with Crippen LogP contribution in [0.15, 0.2) is 46.4 Å². The molecular formula is C17H25BrN4. The molecule has 1 fully saturated rings. The first-order valence-electron chi connectivity index (χ1n) is 7.76. The van der Waals surface area contributed by atoms with E-state index in [1.54, 1.807) is 7.05 Å². The highest BCUT2D eigenvalue weighted by Crippen LogP contribution is 2.16. The van der Waals surface area contributed by atoms with Gasteiger partial charge >= 0.3 is 0 Å². The zero-order valence-corrected chi connectivity index (χ0v) is 14.8. The van der Waals surface area contributed by atoms with Gasteiger partial charge in [-0.15, -0.1) is 6.58 Å². The van der Waals surface area contributed by atoms with Crippen molar-refractivity contribution in [3.05, 3.63) is 47.0 Å². The SMILES string of the molecule is C=CCNC(=NC)NC1CCN(Cc2ccc(Br)cc2)CC1. The molecule has 0 spiro atoms. The maximum absolute atomic E-state index is 4.24. The molecule has 1 aromatic carbocycles. The molecular weight excluding hydrogens is 340 g/mol. The van der Waals surface area contributed by atoms with Crippen molar-refractivity contribution < 1.29 is 0 Å². The second-order valence-corrected chi connectivity index (χ2v) is 6.48. The standard InChI is InChI=1S/C17H25BrN4/c1-3-10-20-17(19-2)21-16-8-11-22(12-9-16)13-14-4-6-15(18)7-5-14/h3-7,16H,1,8-13H2,2H3,(H2,19,20,21).